The number of unbranched alkanes of at least 4 members (excludes halogenated alkanes) is 1. The Kier molecular flexibility index (Phi) is 17.4. The molecule has 6 heteroatoms. The molecule has 0 spiro atoms. The van der Waals surface area contributed by atoms with E-state index in [-0.39, 0.29) is 11.9 Å². The molecule has 6 nitrogen and oxygen atoms in total. The summed E-state index contributed by atoms with van der Waals surface area (Å²) in [6.45, 7) is 11.3. The summed E-state index contributed by atoms with van der Waals surface area (Å²) in [5, 5.41) is 0. The lowest BCUT2D eigenvalue weighted by atomic mass is 10.00. The van der Waals surface area contributed by atoms with Gasteiger partial charge in [0.15, 0.2) is 0 Å². The number of hydrogen-bond acceptors (Lipinski definition) is 6. The van der Waals surface area contributed by atoms with Crippen LogP contribution in [0, 0.1) is 5.92 Å². The third kappa shape index (κ3) is 14.5. The van der Waals surface area contributed by atoms with Crippen molar-refractivity contribution >= 4 is 5.97 Å². The summed E-state index contributed by atoms with van der Waals surface area (Å²) in [7, 11) is 0. The molecule has 0 aromatic rings. The molecule has 0 radical (unpaired) electrons. The van der Waals surface area contributed by atoms with E-state index < -0.39 is 0 Å². The van der Waals surface area contributed by atoms with E-state index in [0.29, 0.717) is 52.9 Å². The first-order valence-corrected chi connectivity index (χ1v) is 8.88. The Morgan fingerprint density at radius 3 is 1.96 bits per heavy atom. The van der Waals surface area contributed by atoms with E-state index >= 15 is 0 Å². The van der Waals surface area contributed by atoms with Crippen molar-refractivity contribution in [2.45, 2.75) is 39.5 Å². The molecule has 0 saturated heterocycles. The Morgan fingerprint density at radius 1 is 0.917 bits per heavy atom. The van der Waals surface area contributed by atoms with Gasteiger partial charge in [-0.3, -0.25) is 4.79 Å². The quantitative estimate of drug-likeness (QED) is 0.216. The van der Waals surface area contributed by atoms with Crippen LogP contribution in [-0.2, 0) is 28.5 Å². The van der Waals surface area contributed by atoms with Gasteiger partial charge in [-0.2, -0.15) is 0 Å². The minimum absolute atomic E-state index is 0.0187. The maximum Gasteiger partial charge on any atom is 0.308 e. The van der Waals surface area contributed by atoms with E-state index in [2.05, 4.69) is 13.5 Å². The summed E-state index contributed by atoms with van der Waals surface area (Å²) in [5.74, 6) is -0.0893. The van der Waals surface area contributed by atoms with Crippen LogP contribution in [0.3, 0.4) is 0 Å². The zero-order chi connectivity index (χ0) is 17.9. The van der Waals surface area contributed by atoms with E-state index in [4.69, 9.17) is 23.7 Å². The van der Waals surface area contributed by atoms with E-state index in [9.17, 15) is 4.79 Å². The lowest BCUT2D eigenvalue weighted by Gasteiger charge is -2.13. The molecule has 0 rings (SSSR count). The second-order valence-corrected chi connectivity index (χ2v) is 5.29. The van der Waals surface area contributed by atoms with Gasteiger partial charge in [0.25, 0.3) is 0 Å². The van der Waals surface area contributed by atoms with Gasteiger partial charge >= 0.3 is 5.97 Å². The molecule has 0 fully saturated rings. The summed E-state index contributed by atoms with van der Waals surface area (Å²) in [6.07, 6.45) is 5.28. The average molecular weight is 346 g/mol. The third-order valence-electron chi connectivity index (χ3n) is 3.41. The molecule has 0 aliphatic rings. The summed E-state index contributed by atoms with van der Waals surface area (Å²) in [4.78, 5) is 11.9. The van der Waals surface area contributed by atoms with E-state index in [1.165, 1.54) is 6.26 Å². The molecule has 0 saturated carbocycles. The van der Waals surface area contributed by atoms with Crippen LogP contribution in [0.4, 0.5) is 0 Å². The number of hydrogen-bond donors (Lipinski definition) is 0. The van der Waals surface area contributed by atoms with E-state index in [1.54, 1.807) is 0 Å². The fourth-order valence-corrected chi connectivity index (χ4v) is 1.99. The second kappa shape index (κ2) is 18.2. The van der Waals surface area contributed by atoms with Gasteiger partial charge in [-0.1, -0.05) is 33.3 Å². The van der Waals surface area contributed by atoms with Crippen molar-refractivity contribution < 1.29 is 28.5 Å². The Morgan fingerprint density at radius 2 is 1.46 bits per heavy atom. The van der Waals surface area contributed by atoms with Crippen molar-refractivity contribution in [3.05, 3.63) is 12.8 Å². The molecule has 0 aliphatic heterocycles. The Bertz CT molecular complexity index is 295. The van der Waals surface area contributed by atoms with Crippen LogP contribution in [0.1, 0.15) is 39.5 Å². The van der Waals surface area contributed by atoms with Crippen molar-refractivity contribution in [2.75, 3.05) is 52.9 Å². The fourth-order valence-electron chi connectivity index (χ4n) is 1.99. The summed E-state index contributed by atoms with van der Waals surface area (Å²) in [5.41, 5.74) is 0. The first-order chi connectivity index (χ1) is 11.8. The highest BCUT2D eigenvalue weighted by atomic mass is 16.6. The number of rotatable bonds is 18. The SMILES string of the molecule is C=COCCOCCOCCOCCOC(=O)C(CC)CCCC. The Hall–Kier alpha value is -1.11. The molecule has 1 unspecified atom stereocenters. The van der Waals surface area contributed by atoms with Crippen molar-refractivity contribution in [2.24, 2.45) is 5.92 Å². The first-order valence-electron chi connectivity index (χ1n) is 8.88. The van der Waals surface area contributed by atoms with E-state index in [0.717, 1.165) is 25.7 Å². The minimum atomic E-state index is -0.108. The lowest BCUT2D eigenvalue weighted by Crippen LogP contribution is -2.20. The molecule has 1 atom stereocenters. The maximum absolute atomic E-state index is 11.9. The van der Waals surface area contributed by atoms with Crippen molar-refractivity contribution in [1.82, 2.24) is 0 Å². The zero-order valence-electron chi connectivity index (χ0n) is 15.3. The van der Waals surface area contributed by atoms with Crippen LogP contribution >= 0.6 is 0 Å². The van der Waals surface area contributed by atoms with Gasteiger partial charge in [-0.05, 0) is 12.8 Å². The molecule has 0 aromatic heterocycles. The summed E-state index contributed by atoms with van der Waals surface area (Å²) >= 11 is 0. The van der Waals surface area contributed by atoms with Crippen LogP contribution < -0.4 is 0 Å². The normalized spacial score (nSPS) is 11.9. The van der Waals surface area contributed by atoms with Crippen LogP contribution in [-0.4, -0.2) is 58.8 Å². The lowest BCUT2D eigenvalue weighted by molar-refractivity contribution is -0.150. The van der Waals surface area contributed by atoms with Gasteiger partial charge in [0.05, 0.1) is 51.8 Å². The minimum Gasteiger partial charge on any atom is -0.499 e. The zero-order valence-corrected chi connectivity index (χ0v) is 15.3. The van der Waals surface area contributed by atoms with Crippen LogP contribution in [0.25, 0.3) is 0 Å². The van der Waals surface area contributed by atoms with Gasteiger partial charge in [-0.25, -0.2) is 0 Å². The highest BCUT2D eigenvalue weighted by Gasteiger charge is 2.16. The van der Waals surface area contributed by atoms with Gasteiger partial charge in [0.1, 0.15) is 13.2 Å². The highest BCUT2D eigenvalue weighted by Crippen LogP contribution is 2.14. The average Bonchev–Trinajstić information content (AvgIpc) is 2.59. The number of ether oxygens (including phenoxy) is 5. The predicted octanol–water partition coefficient (Wildman–Crippen LogP) is 2.96. The highest BCUT2D eigenvalue weighted by molar-refractivity contribution is 5.72. The molecule has 0 aliphatic carbocycles. The number of esters is 1. The second-order valence-electron chi connectivity index (χ2n) is 5.29. The van der Waals surface area contributed by atoms with Gasteiger partial charge < -0.3 is 23.7 Å². The standard InChI is InChI=1S/C18H34O6/c1-4-7-8-17(5-2)18(19)24-16-15-23-14-13-22-12-11-21-10-9-20-6-3/h6,17H,3-5,7-16H2,1-2H3. The van der Waals surface area contributed by atoms with Crippen LogP contribution in [0.2, 0.25) is 0 Å². The van der Waals surface area contributed by atoms with Crippen LogP contribution in [0.5, 0.6) is 0 Å². The summed E-state index contributed by atoms with van der Waals surface area (Å²) < 4.78 is 26.1. The summed E-state index contributed by atoms with van der Waals surface area (Å²) in [6, 6.07) is 0. The van der Waals surface area contributed by atoms with Crippen LogP contribution in [0.15, 0.2) is 12.8 Å². The largest absolute Gasteiger partial charge is 0.499 e. The molecular formula is C18H34O6. The Balaban J connectivity index is 3.32. The predicted molar refractivity (Wildman–Crippen MR) is 92.9 cm³/mol. The van der Waals surface area contributed by atoms with Crippen molar-refractivity contribution in [3.63, 3.8) is 0 Å². The van der Waals surface area contributed by atoms with Gasteiger partial charge in [-0.15, -0.1) is 0 Å². The van der Waals surface area contributed by atoms with Gasteiger partial charge in [0, 0.05) is 0 Å². The fraction of sp³-hybridized carbons (Fsp3) is 0.833. The smallest absolute Gasteiger partial charge is 0.308 e. The molecule has 24 heavy (non-hydrogen) atoms. The molecular weight excluding hydrogens is 312 g/mol. The molecule has 0 amide bonds. The third-order valence-corrected chi connectivity index (χ3v) is 3.41. The maximum atomic E-state index is 11.9. The van der Waals surface area contributed by atoms with E-state index in [1.807, 2.05) is 6.92 Å². The van der Waals surface area contributed by atoms with Crippen molar-refractivity contribution in [3.8, 4) is 0 Å². The molecule has 0 N–H and O–H groups in total. The number of carbonyl (C=O) groups excluding carboxylic acids is 1. The van der Waals surface area contributed by atoms with Crippen molar-refractivity contribution in [1.29, 1.82) is 0 Å². The van der Waals surface area contributed by atoms with Gasteiger partial charge in [0.2, 0.25) is 0 Å². The molecule has 0 heterocycles. The number of carbonyl (C=O) groups is 1. The monoisotopic (exact) mass is 346 g/mol. The molecule has 0 aromatic carbocycles. The first kappa shape index (κ1) is 22.9. The Labute approximate surface area is 146 Å². The molecule has 142 valence electrons. The topological polar surface area (TPSA) is 63.2 Å². The molecule has 0 bridgehead atoms.